The predicted octanol–water partition coefficient (Wildman–Crippen LogP) is 1.26. The predicted molar refractivity (Wildman–Crippen MR) is 70.9 cm³/mol. The molecule has 0 unspecified atom stereocenters. The van der Waals surface area contributed by atoms with Gasteiger partial charge in [0.1, 0.15) is 0 Å². The van der Waals surface area contributed by atoms with Gasteiger partial charge in [0, 0.05) is 24.4 Å². The van der Waals surface area contributed by atoms with Crippen molar-refractivity contribution in [1.82, 2.24) is 10.3 Å². The summed E-state index contributed by atoms with van der Waals surface area (Å²) >= 11 is 0. The smallest absolute Gasteiger partial charge is 0.220 e. The molecule has 4 heteroatoms. The first-order valence-electron chi connectivity index (χ1n) is 6.67. The van der Waals surface area contributed by atoms with Gasteiger partial charge >= 0.3 is 0 Å². The van der Waals surface area contributed by atoms with Crippen molar-refractivity contribution >= 4 is 5.91 Å². The number of aromatic nitrogens is 1. The Morgan fingerprint density at radius 1 is 1.28 bits per heavy atom. The van der Waals surface area contributed by atoms with Gasteiger partial charge in [-0.25, -0.2) is 0 Å². The van der Waals surface area contributed by atoms with Crippen molar-refractivity contribution in [2.45, 2.75) is 38.1 Å². The molecule has 0 aliphatic heterocycles. The van der Waals surface area contributed by atoms with Gasteiger partial charge in [0.05, 0.1) is 0 Å². The molecule has 4 nitrogen and oxygen atoms in total. The minimum atomic E-state index is -0.134. The second kappa shape index (κ2) is 6.50. The van der Waals surface area contributed by atoms with E-state index in [0.717, 1.165) is 38.6 Å². The van der Waals surface area contributed by atoms with E-state index in [2.05, 4.69) is 10.3 Å². The Kier molecular flexibility index (Phi) is 4.70. The number of rotatable bonds is 5. The van der Waals surface area contributed by atoms with Crippen molar-refractivity contribution in [3.63, 3.8) is 0 Å². The fraction of sp³-hybridized carbons (Fsp3) is 0.571. The molecule has 0 saturated heterocycles. The van der Waals surface area contributed by atoms with E-state index < -0.39 is 0 Å². The molecule has 1 aliphatic carbocycles. The maximum absolute atomic E-state index is 11.1. The summed E-state index contributed by atoms with van der Waals surface area (Å²) in [4.78, 5) is 15.1. The third-order valence-electron chi connectivity index (χ3n) is 3.73. The van der Waals surface area contributed by atoms with Crippen molar-refractivity contribution in [2.75, 3.05) is 6.54 Å². The summed E-state index contributed by atoms with van der Waals surface area (Å²) < 4.78 is 0. The van der Waals surface area contributed by atoms with Crippen LogP contribution in [0.1, 0.15) is 31.2 Å². The molecule has 1 saturated carbocycles. The highest BCUT2D eigenvalue weighted by molar-refractivity contribution is 5.76. The van der Waals surface area contributed by atoms with E-state index in [4.69, 9.17) is 5.73 Å². The standard InChI is InChI=1S/C14H21N3O/c15-14(18)12-1-3-13(4-2-12)17-10-7-11-5-8-16-9-6-11/h5-6,8-9,12-13,17H,1-4,7,10H2,(H2,15,18). The van der Waals surface area contributed by atoms with Gasteiger partial charge in [0.15, 0.2) is 0 Å². The number of amides is 1. The lowest BCUT2D eigenvalue weighted by molar-refractivity contribution is -0.122. The molecule has 1 fully saturated rings. The van der Waals surface area contributed by atoms with Crippen LogP contribution in [0, 0.1) is 5.92 Å². The zero-order valence-electron chi connectivity index (χ0n) is 10.6. The Morgan fingerprint density at radius 3 is 2.56 bits per heavy atom. The van der Waals surface area contributed by atoms with Gasteiger partial charge in [-0.2, -0.15) is 0 Å². The van der Waals surface area contributed by atoms with Crippen LogP contribution in [0.5, 0.6) is 0 Å². The van der Waals surface area contributed by atoms with E-state index in [1.165, 1.54) is 5.56 Å². The number of hydrogen-bond donors (Lipinski definition) is 2. The van der Waals surface area contributed by atoms with E-state index in [-0.39, 0.29) is 11.8 Å². The largest absolute Gasteiger partial charge is 0.369 e. The van der Waals surface area contributed by atoms with Crippen molar-refractivity contribution in [3.8, 4) is 0 Å². The maximum Gasteiger partial charge on any atom is 0.220 e. The highest BCUT2D eigenvalue weighted by atomic mass is 16.1. The topological polar surface area (TPSA) is 68.0 Å². The normalized spacial score (nSPS) is 23.8. The minimum Gasteiger partial charge on any atom is -0.369 e. The number of nitrogens with two attached hydrogens (primary N) is 1. The number of carbonyl (C=O) groups is 1. The molecule has 98 valence electrons. The molecule has 0 aromatic carbocycles. The Bertz CT molecular complexity index is 372. The van der Waals surface area contributed by atoms with E-state index in [9.17, 15) is 4.79 Å². The SMILES string of the molecule is NC(=O)C1CCC(NCCc2ccncc2)CC1. The van der Waals surface area contributed by atoms with Crippen molar-refractivity contribution in [2.24, 2.45) is 11.7 Å². The van der Waals surface area contributed by atoms with Crippen LogP contribution in [0.3, 0.4) is 0 Å². The van der Waals surface area contributed by atoms with Crippen LogP contribution in [0.25, 0.3) is 0 Å². The van der Waals surface area contributed by atoms with Crippen molar-refractivity contribution < 1.29 is 4.79 Å². The fourth-order valence-electron chi connectivity index (χ4n) is 2.55. The number of primary amides is 1. The van der Waals surface area contributed by atoms with Crippen LogP contribution in [-0.2, 0) is 11.2 Å². The highest BCUT2D eigenvalue weighted by Gasteiger charge is 2.23. The zero-order chi connectivity index (χ0) is 12.8. The molecule has 1 aromatic rings. The lowest BCUT2D eigenvalue weighted by Crippen LogP contribution is -2.37. The van der Waals surface area contributed by atoms with Crippen molar-refractivity contribution in [1.29, 1.82) is 0 Å². The van der Waals surface area contributed by atoms with Crippen LogP contribution < -0.4 is 11.1 Å². The number of carbonyl (C=O) groups excluding carboxylic acids is 1. The van der Waals surface area contributed by atoms with Gasteiger partial charge in [-0.05, 0) is 56.3 Å². The summed E-state index contributed by atoms with van der Waals surface area (Å²) in [6.45, 7) is 0.982. The van der Waals surface area contributed by atoms with Crippen LogP contribution in [-0.4, -0.2) is 23.5 Å². The monoisotopic (exact) mass is 247 g/mol. The molecule has 2 rings (SSSR count). The molecule has 3 N–H and O–H groups in total. The number of nitrogens with one attached hydrogen (secondary N) is 1. The van der Waals surface area contributed by atoms with Gasteiger partial charge in [0.2, 0.25) is 5.91 Å². The number of hydrogen-bond acceptors (Lipinski definition) is 3. The summed E-state index contributed by atoms with van der Waals surface area (Å²) in [5.41, 5.74) is 6.63. The molecule has 0 spiro atoms. The Labute approximate surface area is 108 Å². The highest BCUT2D eigenvalue weighted by Crippen LogP contribution is 2.23. The number of nitrogens with zero attached hydrogens (tertiary/aromatic N) is 1. The van der Waals surface area contributed by atoms with Gasteiger partial charge < -0.3 is 11.1 Å². The Balaban J connectivity index is 1.65. The molecule has 0 bridgehead atoms. The lowest BCUT2D eigenvalue weighted by atomic mass is 9.85. The first-order valence-corrected chi connectivity index (χ1v) is 6.67. The van der Waals surface area contributed by atoms with Gasteiger partial charge in [0.25, 0.3) is 0 Å². The van der Waals surface area contributed by atoms with E-state index in [1.54, 1.807) is 0 Å². The molecule has 0 radical (unpaired) electrons. The molecular formula is C14H21N3O. The molecule has 1 aliphatic rings. The summed E-state index contributed by atoms with van der Waals surface area (Å²) in [7, 11) is 0. The quantitative estimate of drug-likeness (QED) is 0.823. The maximum atomic E-state index is 11.1. The fourth-order valence-corrected chi connectivity index (χ4v) is 2.55. The average molecular weight is 247 g/mol. The zero-order valence-corrected chi connectivity index (χ0v) is 10.6. The van der Waals surface area contributed by atoms with Crippen molar-refractivity contribution in [3.05, 3.63) is 30.1 Å². The third kappa shape index (κ3) is 3.81. The second-order valence-electron chi connectivity index (χ2n) is 5.01. The minimum absolute atomic E-state index is 0.100. The summed E-state index contributed by atoms with van der Waals surface area (Å²) in [6.07, 6.45) is 8.66. The Morgan fingerprint density at radius 2 is 1.94 bits per heavy atom. The summed E-state index contributed by atoms with van der Waals surface area (Å²) in [5, 5.41) is 3.56. The van der Waals surface area contributed by atoms with Gasteiger partial charge in [-0.15, -0.1) is 0 Å². The number of pyridine rings is 1. The van der Waals surface area contributed by atoms with Gasteiger partial charge in [-0.1, -0.05) is 0 Å². The molecule has 0 atom stereocenters. The van der Waals surface area contributed by atoms with Crippen LogP contribution in [0.15, 0.2) is 24.5 Å². The Hall–Kier alpha value is -1.42. The van der Waals surface area contributed by atoms with Crippen LogP contribution >= 0.6 is 0 Å². The summed E-state index contributed by atoms with van der Waals surface area (Å²) in [5.74, 6) is -0.0338. The van der Waals surface area contributed by atoms with Crippen LogP contribution in [0.4, 0.5) is 0 Å². The second-order valence-corrected chi connectivity index (χ2v) is 5.01. The van der Waals surface area contributed by atoms with Gasteiger partial charge in [-0.3, -0.25) is 9.78 Å². The molecule has 1 aromatic heterocycles. The molecular weight excluding hydrogens is 226 g/mol. The molecule has 1 heterocycles. The molecule has 1 amide bonds. The summed E-state index contributed by atoms with van der Waals surface area (Å²) in [6, 6.07) is 4.64. The lowest BCUT2D eigenvalue weighted by Gasteiger charge is -2.27. The first kappa shape index (κ1) is 13.0. The van der Waals surface area contributed by atoms with E-state index in [0.29, 0.717) is 6.04 Å². The molecule has 18 heavy (non-hydrogen) atoms. The average Bonchev–Trinajstić information content (AvgIpc) is 2.40. The first-order chi connectivity index (χ1) is 8.75. The van der Waals surface area contributed by atoms with Crippen LogP contribution in [0.2, 0.25) is 0 Å². The van der Waals surface area contributed by atoms with E-state index >= 15 is 0 Å². The van der Waals surface area contributed by atoms with E-state index in [1.807, 2.05) is 24.5 Å². The third-order valence-corrected chi connectivity index (χ3v) is 3.73.